The van der Waals surface area contributed by atoms with Crippen LogP contribution in [0.5, 0.6) is 11.5 Å². The van der Waals surface area contributed by atoms with Gasteiger partial charge in [-0.15, -0.1) is 0 Å². The van der Waals surface area contributed by atoms with Gasteiger partial charge in [-0.25, -0.2) is 4.79 Å². The van der Waals surface area contributed by atoms with Crippen LogP contribution in [0, 0.1) is 0 Å². The Kier molecular flexibility index (Phi) is 6.94. The van der Waals surface area contributed by atoms with Crippen molar-refractivity contribution < 1.29 is 28.7 Å². The zero-order valence-electron chi connectivity index (χ0n) is 16.5. The maximum Gasteiger partial charge on any atom is 0.315 e. The van der Waals surface area contributed by atoms with E-state index < -0.39 is 0 Å². The van der Waals surface area contributed by atoms with Crippen molar-refractivity contribution in [1.29, 1.82) is 0 Å². The molecule has 2 aliphatic heterocycles. The number of hydrogen-bond acceptors (Lipinski definition) is 5. The molecule has 1 aromatic rings. The molecule has 0 aliphatic carbocycles. The van der Waals surface area contributed by atoms with Crippen molar-refractivity contribution >= 4 is 17.6 Å². The number of quaternary nitrogens is 1. The molecule has 0 spiro atoms. The lowest BCUT2D eigenvalue weighted by Crippen LogP contribution is -3.14. The van der Waals surface area contributed by atoms with Gasteiger partial charge in [0.15, 0.2) is 11.5 Å². The van der Waals surface area contributed by atoms with Gasteiger partial charge >= 0.3 is 6.03 Å². The number of carbonyl (C=O) groups excluding carboxylic acids is 2. The highest BCUT2D eigenvalue weighted by molar-refractivity contribution is 5.97. The van der Waals surface area contributed by atoms with E-state index in [0.717, 1.165) is 38.5 Å². The molecule has 2 aliphatic rings. The number of benzene rings is 1. The summed E-state index contributed by atoms with van der Waals surface area (Å²) in [4.78, 5) is 27.7. The first kappa shape index (κ1) is 20.2. The molecule has 0 saturated carbocycles. The third-order valence-electron chi connectivity index (χ3n) is 5.10. The fraction of sp³-hybridized carbons (Fsp3) is 0.579. The largest absolute Gasteiger partial charge is 0.493 e. The number of carbonyl (C=O) groups is 2. The first-order valence-corrected chi connectivity index (χ1v) is 9.58. The van der Waals surface area contributed by atoms with Crippen molar-refractivity contribution in [3.05, 3.63) is 18.2 Å². The SMILES string of the molecule is COc1ccc(N2C[C@@H](NC(=O)NCC[NH+]3CCOCC3)CC2=O)cc1OC. The van der Waals surface area contributed by atoms with E-state index in [1.54, 1.807) is 31.3 Å². The first-order chi connectivity index (χ1) is 13.6. The second-order valence-corrected chi connectivity index (χ2v) is 6.96. The number of methoxy groups -OCH3 is 2. The molecule has 0 aromatic heterocycles. The molecule has 1 aromatic carbocycles. The Morgan fingerprint density at radius 3 is 2.71 bits per heavy atom. The number of rotatable bonds is 7. The summed E-state index contributed by atoms with van der Waals surface area (Å²) in [6, 6.07) is 4.89. The van der Waals surface area contributed by atoms with Crippen LogP contribution >= 0.6 is 0 Å². The quantitative estimate of drug-likeness (QED) is 0.554. The molecule has 154 valence electrons. The second kappa shape index (κ2) is 9.61. The Morgan fingerprint density at radius 1 is 1.25 bits per heavy atom. The number of amides is 3. The summed E-state index contributed by atoms with van der Waals surface area (Å²) >= 11 is 0. The zero-order valence-corrected chi connectivity index (χ0v) is 16.5. The predicted octanol–water partition coefficient (Wildman–Crippen LogP) is -0.977. The van der Waals surface area contributed by atoms with E-state index in [-0.39, 0.29) is 24.4 Å². The van der Waals surface area contributed by atoms with Gasteiger partial charge in [0.25, 0.3) is 0 Å². The van der Waals surface area contributed by atoms with Crippen molar-refractivity contribution in [2.75, 3.05) is 65.1 Å². The minimum Gasteiger partial charge on any atom is -0.493 e. The molecular weight excluding hydrogens is 364 g/mol. The summed E-state index contributed by atoms with van der Waals surface area (Å²) in [5.41, 5.74) is 0.725. The number of morpholine rings is 1. The van der Waals surface area contributed by atoms with Crippen LogP contribution in [0.25, 0.3) is 0 Å². The molecule has 0 unspecified atom stereocenters. The summed E-state index contributed by atoms with van der Waals surface area (Å²) < 4.78 is 15.9. The molecule has 2 saturated heterocycles. The van der Waals surface area contributed by atoms with Gasteiger partial charge in [0.05, 0.1) is 46.6 Å². The van der Waals surface area contributed by atoms with Crippen LogP contribution < -0.4 is 29.9 Å². The average Bonchev–Trinajstić information content (AvgIpc) is 3.08. The predicted molar refractivity (Wildman–Crippen MR) is 103 cm³/mol. The fourth-order valence-corrected chi connectivity index (χ4v) is 3.55. The standard InChI is InChI=1S/C19H28N4O5/c1-26-16-4-3-15(12-17(16)27-2)23-13-14(11-18(23)24)21-19(25)20-5-6-22-7-9-28-10-8-22/h3-4,12,14H,5-11,13H2,1-2H3,(H2,20,21,25)/p+1/t14-/m0/s1. The minimum absolute atomic E-state index is 0.0321. The van der Waals surface area contributed by atoms with Gasteiger partial charge in [0.2, 0.25) is 5.91 Å². The number of urea groups is 1. The van der Waals surface area contributed by atoms with Gasteiger partial charge < -0.3 is 34.6 Å². The Labute approximate surface area is 164 Å². The van der Waals surface area contributed by atoms with Crippen LogP contribution in [0.1, 0.15) is 6.42 Å². The maximum atomic E-state index is 12.4. The third kappa shape index (κ3) is 5.05. The Hall–Kier alpha value is -2.52. The van der Waals surface area contributed by atoms with Gasteiger partial charge in [-0.1, -0.05) is 0 Å². The molecular formula is C19H29N4O5+. The van der Waals surface area contributed by atoms with E-state index in [9.17, 15) is 9.59 Å². The van der Waals surface area contributed by atoms with Gasteiger partial charge in [0.1, 0.15) is 13.1 Å². The van der Waals surface area contributed by atoms with Gasteiger partial charge in [-0.3, -0.25) is 4.79 Å². The fourth-order valence-electron chi connectivity index (χ4n) is 3.55. The summed E-state index contributed by atoms with van der Waals surface area (Å²) in [6.07, 6.45) is 0.274. The molecule has 3 rings (SSSR count). The van der Waals surface area contributed by atoms with E-state index in [0.29, 0.717) is 24.6 Å². The Morgan fingerprint density at radius 2 is 2.00 bits per heavy atom. The Balaban J connectivity index is 1.48. The van der Waals surface area contributed by atoms with Crippen molar-refractivity contribution in [2.24, 2.45) is 0 Å². The highest BCUT2D eigenvalue weighted by atomic mass is 16.5. The minimum atomic E-state index is -0.236. The molecule has 3 amide bonds. The number of nitrogens with zero attached hydrogens (tertiary/aromatic N) is 1. The van der Waals surface area contributed by atoms with E-state index in [1.807, 2.05) is 6.07 Å². The van der Waals surface area contributed by atoms with Crippen molar-refractivity contribution in [3.8, 4) is 11.5 Å². The number of hydrogen-bond donors (Lipinski definition) is 3. The number of nitrogens with one attached hydrogen (secondary N) is 3. The van der Waals surface area contributed by atoms with Crippen molar-refractivity contribution in [2.45, 2.75) is 12.5 Å². The Bertz CT molecular complexity index is 693. The molecule has 1 atom stereocenters. The van der Waals surface area contributed by atoms with Crippen molar-refractivity contribution in [3.63, 3.8) is 0 Å². The lowest BCUT2D eigenvalue weighted by Gasteiger charge is -2.24. The maximum absolute atomic E-state index is 12.4. The average molecular weight is 393 g/mol. The number of anilines is 1. The van der Waals surface area contributed by atoms with E-state index in [2.05, 4.69) is 10.6 Å². The highest BCUT2D eigenvalue weighted by Crippen LogP contribution is 2.33. The van der Waals surface area contributed by atoms with Crippen LogP contribution in [-0.4, -0.2) is 78.1 Å². The van der Waals surface area contributed by atoms with Gasteiger partial charge in [0, 0.05) is 24.7 Å². The lowest BCUT2D eigenvalue weighted by atomic mass is 10.2. The number of ether oxygens (including phenoxy) is 3. The third-order valence-corrected chi connectivity index (χ3v) is 5.10. The van der Waals surface area contributed by atoms with E-state index in [1.165, 1.54) is 4.90 Å². The monoisotopic (exact) mass is 393 g/mol. The summed E-state index contributed by atoms with van der Waals surface area (Å²) in [7, 11) is 3.12. The molecule has 0 radical (unpaired) electrons. The normalized spacial score (nSPS) is 20.1. The van der Waals surface area contributed by atoms with Gasteiger partial charge in [-0.05, 0) is 12.1 Å². The van der Waals surface area contributed by atoms with Crippen LogP contribution in [0.15, 0.2) is 18.2 Å². The molecule has 28 heavy (non-hydrogen) atoms. The van der Waals surface area contributed by atoms with Crippen LogP contribution in [0.2, 0.25) is 0 Å². The summed E-state index contributed by atoms with van der Waals surface area (Å²) in [5.74, 6) is 1.14. The topological polar surface area (TPSA) is 93.6 Å². The summed E-state index contributed by atoms with van der Waals surface area (Å²) in [5, 5.41) is 5.78. The molecule has 9 heteroatoms. The van der Waals surface area contributed by atoms with Crippen LogP contribution in [0.3, 0.4) is 0 Å². The first-order valence-electron chi connectivity index (χ1n) is 9.58. The zero-order chi connectivity index (χ0) is 19.9. The molecule has 2 heterocycles. The van der Waals surface area contributed by atoms with Crippen LogP contribution in [-0.2, 0) is 9.53 Å². The molecule has 2 fully saturated rings. The highest BCUT2D eigenvalue weighted by Gasteiger charge is 2.32. The summed E-state index contributed by atoms with van der Waals surface area (Å²) in [6.45, 7) is 5.40. The van der Waals surface area contributed by atoms with Crippen LogP contribution in [0.4, 0.5) is 10.5 Å². The van der Waals surface area contributed by atoms with Gasteiger partial charge in [-0.2, -0.15) is 0 Å². The van der Waals surface area contributed by atoms with E-state index >= 15 is 0 Å². The van der Waals surface area contributed by atoms with E-state index in [4.69, 9.17) is 14.2 Å². The lowest BCUT2D eigenvalue weighted by molar-refractivity contribution is -0.906. The molecule has 0 bridgehead atoms. The second-order valence-electron chi connectivity index (χ2n) is 6.96. The molecule has 3 N–H and O–H groups in total. The smallest absolute Gasteiger partial charge is 0.315 e. The van der Waals surface area contributed by atoms with Crippen molar-refractivity contribution in [1.82, 2.24) is 10.6 Å². The molecule has 9 nitrogen and oxygen atoms in total.